The highest BCUT2D eigenvalue weighted by molar-refractivity contribution is 6.01. The number of phenols is 1. The van der Waals surface area contributed by atoms with E-state index < -0.39 is 23.2 Å². The second-order valence-corrected chi connectivity index (χ2v) is 8.46. The Kier molecular flexibility index (Phi) is 6.06. The number of hydrogen-bond donors (Lipinski definition) is 2. The number of anilines is 1. The number of aromatic nitrogens is 1. The first-order valence-corrected chi connectivity index (χ1v) is 10.5. The fourth-order valence-electron chi connectivity index (χ4n) is 4.36. The van der Waals surface area contributed by atoms with E-state index in [1.165, 1.54) is 18.3 Å². The summed E-state index contributed by atoms with van der Waals surface area (Å²) in [5.41, 5.74) is 1.05. The molecule has 1 fully saturated rings. The maximum Gasteiger partial charge on any atom is 0.187 e. The maximum absolute atomic E-state index is 14.8. The van der Waals surface area contributed by atoms with Gasteiger partial charge in [-0.05, 0) is 63.5 Å². The lowest BCUT2D eigenvalue weighted by Gasteiger charge is -2.33. The van der Waals surface area contributed by atoms with Gasteiger partial charge in [0.25, 0.3) is 0 Å². The zero-order valence-corrected chi connectivity index (χ0v) is 17.8. The smallest absolute Gasteiger partial charge is 0.187 e. The lowest BCUT2D eigenvalue weighted by molar-refractivity contribution is 0.112. The van der Waals surface area contributed by atoms with Gasteiger partial charge in [0.1, 0.15) is 5.82 Å². The number of pyridine rings is 1. The van der Waals surface area contributed by atoms with Crippen molar-refractivity contribution in [2.45, 2.75) is 37.8 Å². The summed E-state index contributed by atoms with van der Waals surface area (Å²) in [6.45, 7) is 0. The number of nitrogens with zero attached hydrogens (tertiary/aromatic N) is 2. The van der Waals surface area contributed by atoms with E-state index in [-0.39, 0.29) is 17.2 Å². The Morgan fingerprint density at radius 3 is 2.28 bits per heavy atom. The molecule has 0 bridgehead atoms. The summed E-state index contributed by atoms with van der Waals surface area (Å²) in [5.74, 6) is -4.20. The molecule has 1 aromatic heterocycles. The second-order valence-electron chi connectivity index (χ2n) is 8.46. The molecule has 4 rings (SSSR count). The van der Waals surface area contributed by atoms with Crippen molar-refractivity contribution in [1.82, 2.24) is 9.88 Å². The Morgan fingerprint density at radius 2 is 1.69 bits per heavy atom. The van der Waals surface area contributed by atoms with Gasteiger partial charge in [-0.25, -0.2) is 13.2 Å². The van der Waals surface area contributed by atoms with Gasteiger partial charge in [-0.3, -0.25) is 9.78 Å². The molecule has 5 nitrogen and oxygen atoms in total. The minimum Gasteiger partial charge on any atom is -0.503 e. The van der Waals surface area contributed by atoms with Crippen LogP contribution in [0.15, 0.2) is 30.5 Å². The Balaban J connectivity index is 1.77. The van der Waals surface area contributed by atoms with E-state index >= 15 is 0 Å². The average molecular weight is 443 g/mol. The number of halogens is 3. The van der Waals surface area contributed by atoms with Gasteiger partial charge in [0, 0.05) is 35.3 Å². The first-order valence-electron chi connectivity index (χ1n) is 10.5. The van der Waals surface area contributed by atoms with E-state index in [4.69, 9.17) is 0 Å². The zero-order valence-electron chi connectivity index (χ0n) is 17.8. The van der Waals surface area contributed by atoms with Crippen LogP contribution in [0.1, 0.15) is 36.0 Å². The van der Waals surface area contributed by atoms with Crippen molar-refractivity contribution in [1.29, 1.82) is 0 Å². The predicted octanol–water partition coefficient (Wildman–Crippen LogP) is 5.12. The number of benzene rings is 2. The van der Waals surface area contributed by atoms with E-state index in [9.17, 15) is 23.1 Å². The first-order chi connectivity index (χ1) is 15.3. The maximum atomic E-state index is 14.8. The number of hydrogen-bond acceptors (Lipinski definition) is 5. The third kappa shape index (κ3) is 4.14. The summed E-state index contributed by atoms with van der Waals surface area (Å²) in [7, 11) is 4.12. The average Bonchev–Trinajstić information content (AvgIpc) is 2.77. The van der Waals surface area contributed by atoms with E-state index in [0.717, 1.165) is 37.8 Å². The quantitative estimate of drug-likeness (QED) is 0.536. The molecule has 1 heterocycles. The molecule has 0 amide bonds. The molecule has 2 N–H and O–H groups in total. The molecule has 1 saturated carbocycles. The van der Waals surface area contributed by atoms with Gasteiger partial charge in [-0.2, -0.15) is 0 Å². The van der Waals surface area contributed by atoms with E-state index in [0.29, 0.717) is 34.5 Å². The van der Waals surface area contributed by atoms with Crippen molar-refractivity contribution in [2.24, 2.45) is 0 Å². The largest absolute Gasteiger partial charge is 0.503 e. The number of nitrogens with one attached hydrogen (secondary N) is 1. The number of aromatic hydroxyl groups is 1. The van der Waals surface area contributed by atoms with Gasteiger partial charge in [0.15, 0.2) is 23.7 Å². The van der Waals surface area contributed by atoms with Crippen LogP contribution in [0.25, 0.3) is 22.0 Å². The summed E-state index contributed by atoms with van der Waals surface area (Å²) >= 11 is 0. The molecule has 0 spiro atoms. The molecular weight excluding hydrogens is 419 g/mol. The predicted molar refractivity (Wildman–Crippen MR) is 117 cm³/mol. The van der Waals surface area contributed by atoms with Crippen molar-refractivity contribution in [3.8, 4) is 16.9 Å². The molecule has 0 saturated heterocycles. The van der Waals surface area contributed by atoms with Crippen molar-refractivity contribution >= 4 is 22.9 Å². The number of carbonyl (C=O) groups excluding carboxylic acids is 1. The van der Waals surface area contributed by atoms with Gasteiger partial charge >= 0.3 is 0 Å². The molecule has 168 valence electrons. The third-order valence-electron chi connectivity index (χ3n) is 6.22. The lowest BCUT2D eigenvalue weighted by Crippen LogP contribution is -2.36. The number of fused-ring (bicyclic) bond motifs is 1. The Hall–Kier alpha value is -3.13. The lowest BCUT2D eigenvalue weighted by atomic mass is 9.90. The Morgan fingerprint density at radius 1 is 1.03 bits per heavy atom. The van der Waals surface area contributed by atoms with Gasteiger partial charge < -0.3 is 15.3 Å². The number of phenolic OH excluding ortho intramolecular Hbond substituents is 1. The van der Waals surface area contributed by atoms with Crippen LogP contribution in [0.5, 0.6) is 5.75 Å². The van der Waals surface area contributed by atoms with Crippen LogP contribution in [0, 0.1) is 17.5 Å². The minimum absolute atomic E-state index is 0.0560. The van der Waals surface area contributed by atoms with Crippen LogP contribution in [0.3, 0.4) is 0 Å². The summed E-state index contributed by atoms with van der Waals surface area (Å²) in [6, 6.07) is 4.99. The van der Waals surface area contributed by atoms with E-state index in [2.05, 4.69) is 29.3 Å². The third-order valence-corrected chi connectivity index (χ3v) is 6.22. The standard InChI is InChI=1S/C24H24F3N3O2/c1-30(2)16-5-3-15(4-6-16)29-23-14(12-31)11-28-22-10-19(25)17(9-18(22)23)13-7-20(26)24(32)21(27)8-13/h7-12,15-16,32H,3-6H2,1-2H3,(H,28,29)/t15-,16-. The summed E-state index contributed by atoms with van der Waals surface area (Å²) in [4.78, 5) is 18.1. The first kappa shape index (κ1) is 22.1. The van der Waals surface area contributed by atoms with Crippen LogP contribution in [-0.4, -0.2) is 47.5 Å². The summed E-state index contributed by atoms with van der Waals surface area (Å²) in [5, 5.41) is 13.3. The fourth-order valence-corrected chi connectivity index (χ4v) is 4.36. The second kappa shape index (κ2) is 8.78. The molecule has 0 aliphatic heterocycles. The topological polar surface area (TPSA) is 65.5 Å². The minimum atomic E-state index is -1.18. The molecule has 8 heteroatoms. The van der Waals surface area contributed by atoms with Gasteiger partial charge in [-0.1, -0.05) is 0 Å². The van der Waals surface area contributed by atoms with Gasteiger partial charge in [0.05, 0.1) is 16.8 Å². The zero-order chi connectivity index (χ0) is 23.0. The van der Waals surface area contributed by atoms with E-state index in [1.54, 1.807) is 0 Å². The highest BCUT2D eigenvalue weighted by atomic mass is 19.1. The van der Waals surface area contributed by atoms with E-state index in [1.807, 2.05) is 0 Å². The molecule has 1 aliphatic carbocycles. The molecule has 0 radical (unpaired) electrons. The molecule has 1 aliphatic rings. The van der Waals surface area contributed by atoms with Crippen LogP contribution < -0.4 is 5.32 Å². The summed E-state index contributed by atoms with van der Waals surface area (Å²) < 4.78 is 42.6. The van der Waals surface area contributed by atoms with Crippen LogP contribution in [-0.2, 0) is 0 Å². The molecule has 0 atom stereocenters. The van der Waals surface area contributed by atoms with Crippen molar-refractivity contribution in [3.63, 3.8) is 0 Å². The highest BCUT2D eigenvalue weighted by Gasteiger charge is 2.24. The monoisotopic (exact) mass is 443 g/mol. The van der Waals surface area contributed by atoms with Crippen LogP contribution in [0.4, 0.5) is 18.9 Å². The van der Waals surface area contributed by atoms with Gasteiger partial charge in [-0.15, -0.1) is 0 Å². The Labute approximate surface area is 183 Å². The molecule has 2 aromatic carbocycles. The fraction of sp³-hybridized carbons (Fsp3) is 0.333. The van der Waals surface area contributed by atoms with Crippen LogP contribution >= 0.6 is 0 Å². The molecule has 32 heavy (non-hydrogen) atoms. The normalized spacial score (nSPS) is 18.8. The van der Waals surface area contributed by atoms with Crippen molar-refractivity contribution in [2.75, 3.05) is 19.4 Å². The highest BCUT2D eigenvalue weighted by Crippen LogP contribution is 2.36. The number of rotatable bonds is 5. The van der Waals surface area contributed by atoms with Crippen LogP contribution in [0.2, 0.25) is 0 Å². The summed E-state index contributed by atoms with van der Waals surface area (Å²) in [6.07, 6.45) is 5.91. The SMILES string of the molecule is CN(C)[C@H]1CC[C@H](Nc2c(C=O)cnc3cc(F)c(-c4cc(F)c(O)c(F)c4)cc23)CC1. The van der Waals surface area contributed by atoms with Crippen molar-refractivity contribution < 1.29 is 23.1 Å². The van der Waals surface area contributed by atoms with Gasteiger partial charge in [0.2, 0.25) is 0 Å². The number of aldehydes is 1. The molecule has 0 unspecified atom stereocenters. The molecular formula is C24H24F3N3O2. The molecule has 3 aromatic rings. The van der Waals surface area contributed by atoms with Crippen molar-refractivity contribution in [3.05, 3.63) is 53.5 Å². The Bertz CT molecular complexity index is 1150. The number of carbonyl (C=O) groups is 1.